The van der Waals surface area contributed by atoms with Crippen LogP contribution in [0.4, 0.5) is 0 Å². The molecule has 0 bridgehead atoms. The molecular formula is C19H19NO3S. The van der Waals surface area contributed by atoms with Crippen molar-refractivity contribution in [2.75, 3.05) is 13.1 Å². The molecule has 1 N–H and O–H groups in total. The van der Waals surface area contributed by atoms with Crippen LogP contribution in [-0.4, -0.2) is 35.0 Å². The smallest absolute Gasteiger partial charge is 0.306 e. The van der Waals surface area contributed by atoms with Gasteiger partial charge in [-0.1, -0.05) is 24.3 Å². The fourth-order valence-corrected chi connectivity index (χ4v) is 4.90. The van der Waals surface area contributed by atoms with E-state index in [1.54, 1.807) is 11.3 Å². The van der Waals surface area contributed by atoms with Crippen LogP contribution >= 0.6 is 11.3 Å². The molecule has 24 heavy (non-hydrogen) atoms. The molecule has 4 rings (SSSR count). The van der Waals surface area contributed by atoms with Crippen LogP contribution in [0, 0.1) is 5.92 Å². The molecule has 1 amide bonds. The number of benzene rings is 1. The van der Waals surface area contributed by atoms with Crippen LogP contribution in [0.5, 0.6) is 0 Å². The van der Waals surface area contributed by atoms with Crippen molar-refractivity contribution in [3.63, 3.8) is 0 Å². The highest BCUT2D eigenvalue weighted by molar-refractivity contribution is 7.17. The van der Waals surface area contributed by atoms with Crippen LogP contribution in [0.25, 0.3) is 10.4 Å². The summed E-state index contributed by atoms with van der Waals surface area (Å²) in [6.45, 7) is 1.07. The summed E-state index contributed by atoms with van der Waals surface area (Å²) in [7, 11) is 0. The number of carboxylic acids is 1. The third kappa shape index (κ3) is 2.63. The molecule has 0 saturated carbocycles. The van der Waals surface area contributed by atoms with E-state index >= 15 is 0 Å². The lowest BCUT2D eigenvalue weighted by Crippen LogP contribution is -2.39. The van der Waals surface area contributed by atoms with Crippen molar-refractivity contribution in [3.8, 4) is 10.4 Å². The Hall–Kier alpha value is -2.14. The minimum Gasteiger partial charge on any atom is -0.481 e. The fraction of sp³-hybridized carbons (Fsp3) is 0.368. The van der Waals surface area contributed by atoms with Crippen LogP contribution < -0.4 is 0 Å². The van der Waals surface area contributed by atoms with Gasteiger partial charge < -0.3 is 10.0 Å². The summed E-state index contributed by atoms with van der Waals surface area (Å²) in [4.78, 5) is 27.7. The Kier molecular flexibility index (Phi) is 3.88. The number of carboxylic acid groups (broad SMARTS) is 1. The van der Waals surface area contributed by atoms with Crippen molar-refractivity contribution in [1.82, 2.24) is 4.90 Å². The summed E-state index contributed by atoms with van der Waals surface area (Å²) >= 11 is 1.58. The molecule has 2 aromatic rings. The van der Waals surface area contributed by atoms with E-state index < -0.39 is 5.97 Å². The van der Waals surface area contributed by atoms with E-state index in [0.29, 0.717) is 25.9 Å². The largest absolute Gasteiger partial charge is 0.481 e. The number of rotatable bonds is 2. The number of aliphatic carboxylic acids is 1. The topological polar surface area (TPSA) is 57.6 Å². The van der Waals surface area contributed by atoms with Gasteiger partial charge in [-0.3, -0.25) is 9.59 Å². The van der Waals surface area contributed by atoms with E-state index in [0.717, 1.165) is 17.7 Å². The number of hydrogen-bond donors (Lipinski definition) is 1. The fourth-order valence-electron chi connectivity index (χ4n) is 3.66. The molecule has 0 atom stereocenters. The Morgan fingerprint density at radius 1 is 1.08 bits per heavy atom. The maximum atomic E-state index is 12.8. The number of thiophene rings is 1. The average Bonchev–Trinajstić information content (AvgIpc) is 3.06. The van der Waals surface area contributed by atoms with Crippen LogP contribution in [0.1, 0.15) is 33.6 Å². The van der Waals surface area contributed by atoms with Gasteiger partial charge >= 0.3 is 5.97 Å². The van der Waals surface area contributed by atoms with Crippen LogP contribution in [0.15, 0.2) is 30.3 Å². The first-order chi connectivity index (χ1) is 11.6. The van der Waals surface area contributed by atoms with E-state index in [2.05, 4.69) is 18.2 Å². The van der Waals surface area contributed by atoms with Crippen LogP contribution in [0.3, 0.4) is 0 Å². The molecule has 4 nitrogen and oxygen atoms in total. The molecule has 0 spiro atoms. The SMILES string of the molecule is O=C(O)C1CCN(C(=O)c2cc3c(s2)-c2ccccc2CC3)CC1. The van der Waals surface area contributed by atoms with Crippen molar-refractivity contribution < 1.29 is 14.7 Å². The highest BCUT2D eigenvalue weighted by Crippen LogP contribution is 2.40. The highest BCUT2D eigenvalue weighted by atomic mass is 32.1. The predicted octanol–water partition coefficient (Wildman–Crippen LogP) is 3.45. The third-order valence-corrected chi connectivity index (χ3v) is 6.28. The van der Waals surface area contributed by atoms with E-state index in [9.17, 15) is 9.59 Å². The van der Waals surface area contributed by atoms with Crippen molar-refractivity contribution in [3.05, 3.63) is 46.3 Å². The normalized spacial score (nSPS) is 17.2. The van der Waals surface area contributed by atoms with Gasteiger partial charge in [0, 0.05) is 18.0 Å². The lowest BCUT2D eigenvalue weighted by Gasteiger charge is -2.29. The monoisotopic (exact) mass is 341 g/mol. The van der Waals surface area contributed by atoms with Gasteiger partial charge in [-0.15, -0.1) is 11.3 Å². The van der Waals surface area contributed by atoms with Gasteiger partial charge in [0.15, 0.2) is 0 Å². The molecule has 1 saturated heterocycles. The number of aryl methyl sites for hydroxylation is 2. The number of likely N-dealkylation sites (tertiary alicyclic amines) is 1. The summed E-state index contributed by atoms with van der Waals surface area (Å²) in [6, 6.07) is 10.5. The Bertz CT molecular complexity index is 803. The Labute approximate surface area is 144 Å². The second-order valence-electron chi connectivity index (χ2n) is 6.53. The number of fused-ring (bicyclic) bond motifs is 3. The first-order valence-electron chi connectivity index (χ1n) is 8.36. The quantitative estimate of drug-likeness (QED) is 0.910. The van der Waals surface area contributed by atoms with E-state index in [1.165, 1.54) is 21.6 Å². The zero-order valence-corrected chi connectivity index (χ0v) is 14.1. The maximum absolute atomic E-state index is 12.8. The molecule has 2 aliphatic rings. The summed E-state index contributed by atoms with van der Waals surface area (Å²) in [6.07, 6.45) is 3.11. The third-order valence-electron chi connectivity index (χ3n) is 5.08. The Morgan fingerprint density at radius 2 is 1.79 bits per heavy atom. The van der Waals surface area contributed by atoms with Gasteiger partial charge in [0.25, 0.3) is 5.91 Å². The van der Waals surface area contributed by atoms with Crippen molar-refractivity contribution in [2.45, 2.75) is 25.7 Å². The molecule has 124 valence electrons. The first kappa shape index (κ1) is 15.4. The standard InChI is InChI=1S/C19H19NO3S/c21-18(20-9-7-13(8-10-20)19(22)23)16-11-14-6-5-12-3-1-2-4-15(12)17(14)24-16/h1-4,11,13H,5-10H2,(H,22,23). The summed E-state index contributed by atoms with van der Waals surface area (Å²) in [5.41, 5.74) is 3.88. The van der Waals surface area contributed by atoms with E-state index in [1.807, 2.05) is 17.0 Å². The lowest BCUT2D eigenvalue weighted by atomic mass is 9.91. The summed E-state index contributed by atoms with van der Waals surface area (Å²) in [5, 5.41) is 9.08. The number of nitrogens with zero attached hydrogens (tertiary/aromatic N) is 1. The van der Waals surface area contributed by atoms with Gasteiger partial charge in [-0.25, -0.2) is 0 Å². The predicted molar refractivity (Wildman–Crippen MR) is 93.4 cm³/mol. The van der Waals surface area contributed by atoms with E-state index in [-0.39, 0.29) is 11.8 Å². The molecule has 1 aromatic heterocycles. The molecule has 0 unspecified atom stereocenters. The minimum absolute atomic E-state index is 0.0516. The molecule has 1 aliphatic carbocycles. The molecule has 5 heteroatoms. The van der Waals surface area contributed by atoms with Crippen molar-refractivity contribution in [1.29, 1.82) is 0 Å². The average molecular weight is 341 g/mol. The zero-order chi connectivity index (χ0) is 16.7. The lowest BCUT2D eigenvalue weighted by molar-refractivity contribution is -0.143. The number of piperidine rings is 1. The number of carbonyl (C=O) groups is 2. The van der Waals surface area contributed by atoms with Crippen LogP contribution in [-0.2, 0) is 17.6 Å². The highest BCUT2D eigenvalue weighted by Gasteiger charge is 2.29. The molecule has 1 fully saturated rings. The summed E-state index contributed by atoms with van der Waals surface area (Å²) < 4.78 is 0. The molecule has 0 radical (unpaired) electrons. The number of amides is 1. The minimum atomic E-state index is -0.745. The Balaban J connectivity index is 1.56. The molecular weight excluding hydrogens is 322 g/mol. The molecule has 1 aliphatic heterocycles. The van der Waals surface area contributed by atoms with Crippen molar-refractivity contribution >= 4 is 23.2 Å². The molecule has 1 aromatic carbocycles. The number of carbonyl (C=O) groups excluding carboxylic acids is 1. The van der Waals surface area contributed by atoms with Gasteiger partial charge in [-0.05, 0) is 48.4 Å². The van der Waals surface area contributed by atoms with Gasteiger partial charge in [-0.2, -0.15) is 0 Å². The number of hydrogen-bond acceptors (Lipinski definition) is 3. The zero-order valence-electron chi connectivity index (χ0n) is 13.3. The van der Waals surface area contributed by atoms with Crippen molar-refractivity contribution in [2.24, 2.45) is 5.92 Å². The van der Waals surface area contributed by atoms with Gasteiger partial charge in [0.05, 0.1) is 10.8 Å². The molecule has 2 heterocycles. The first-order valence-corrected chi connectivity index (χ1v) is 9.18. The Morgan fingerprint density at radius 3 is 2.54 bits per heavy atom. The maximum Gasteiger partial charge on any atom is 0.306 e. The van der Waals surface area contributed by atoms with Gasteiger partial charge in [0.2, 0.25) is 0 Å². The summed E-state index contributed by atoms with van der Waals surface area (Å²) in [5.74, 6) is -1.00. The second-order valence-corrected chi connectivity index (χ2v) is 7.58. The van der Waals surface area contributed by atoms with Gasteiger partial charge in [0.1, 0.15) is 0 Å². The second kappa shape index (κ2) is 6.06. The van der Waals surface area contributed by atoms with Crippen LogP contribution in [0.2, 0.25) is 0 Å². The van der Waals surface area contributed by atoms with E-state index in [4.69, 9.17) is 5.11 Å².